The van der Waals surface area contributed by atoms with Gasteiger partial charge in [-0.3, -0.25) is 4.79 Å². The highest BCUT2D eigenvalue weighted by Gasteiger charge is 2.17. The maximum Gasteiger partial charge on any atom is 0.349 e. The van der Waals surface area contributed by atoms with Crippen LogP contribution in [0.4, 0.5) is 5.69 Å². The summed E-state index contributed by atoms with van der Waals surface area (Å²) in [5, 5.41) is 3.37. The van der Waals surface area contributed by atoms with Gasteiger partial charge in [-0.05, 0) is 30.7 Å². The van der Waals surface area contributed by atoms with Crippen LogP contribution in [0.2, 0.25) is 0 Å². The number of para-hydroxylation sites is 1. The molecule has 0 bridgehead atoms. The molecule has 0 saturated carbocycles. The average molecular weight is 323 g/mol. The van der Waals surface area contributed by atoms with Crippen molar-refractivity contribution in [3.8, 4) is 11.5 Å². The van der Waals surface area contributed by atoms with Crippen molar-refractivity contribution in [3.05, 3.63) is 64.0 Å². The Balaban J connectivity index is 1.68. The van der Waals surface area contributed by atoms with Crippen LogP contribution in [0.1, 0.15) is 15.9 Å². The topological polar surface area (TPSA) is 77.8 Å². The van der Waals surface area contributed by atoms with E-state index in [1.807, 2.05) is 19.1 Å². The monoisotopic (exact) mass is 323 g/mol. The SMILES string of the molecule is Cc1cccc2cc(C(=O)Nc3ccc4c(c3)OCO4)c(=O)oc12. The van der Waals surface area contributed by atoms with E-state index in [0.29, 0.717) is 28.2 Å². The first-order valence-corrected chi connectivity index (χ1v) is 7.36. The van der Waals surface area contributed by atoms with Crippen molar-refractivity contribution in [2.24, 2.45) is 0 Å². The number of rotatable bonds is 2. The highest BCUT2D eigenvalue weighted by Crippen LogP contribution is 2.34. The van der Waals surface area contributed by atoms with Gasteiger partial charge < -0.3 is 19.2 Å². The minimum absolute atomic E-state index is 0.0502. The second-order valence-corrected chi connectivity index (χ2v) is 5.46. The van der Waals surface area contributed by atoms with Crippen LogP contribution in [-0.4, -0.2) is 12.7 Å². The second-order valence-electron chi connectivity index (χ2n) is 5.46. The smallest absolute Gasteiger partial charge is 0.349 e. The zero-order valence-corrected chi connectivity index (χ0v) is 12.8. The minimum Gasteiger partial charge on any atom is -0.454 e. The molecule has 4 rings (SSSR count). The third-order valence-corrected chi connectivity index (χ3v) is 3.83. The lowest BCUT2D eigenvalue weighted by molar-refractivity contribution is 0.102. The van der Waals surface area contributed by atoms with Crippen molar-refractivity contribution in [1.29, 1.82) is 0 Å². The predicted octanol–water partition coefficient (Wildman–Crippen LogP) is 3.08. The molecule has 120 valence electrons. The fourth-order valence-electron chi connectivity index (χ4n) is 2.62. The summed E-state index contributed by atoms with van der Waals surface area (Å²) >= 11 is 0. The third-order valence-electron chi connectivity index (χ3n) is 3.83. The summed E-state index contributed by atoms with van der Waals surface area (Å²) < 4.78 is 15.8. The fourth-order valence-corrected chi connectivity index (χ4v) is 2.62. The molecule has 24 heavy (non-hydrogen) atoms. The molecule has 1 aliphatic rings. The van der Waals surface area contributed by atoms with Crippen LogP contribution < -0.4 is 20.4 Å². The van der Waals surface area contributed by atoms with Gasteiger partial charge >= 0.3 is 5.63 Å². The normalized spacial score (nSPS) is 12.4. The summed E-state index contributed by atoms with van der Waals surface area (Å²) in [5.74, 6) is 0.633. The summed E-state index contributed by atoms with van der Waals surface area (Å²) in [6, 6.07) is 12.0. The van der Waals surface area contributed by atoms with Crippen LogP contribution >= 0.6 is 0 Å². The van der Waals surface area contributed by atoms with Crippen molar-refractivity contribution in [1.82, 2.24) is 0 Å². The van der Waals surface area contributed by atoms with Gasteiger partial charge in [0, 0.05) is 17.1 Å². The molecule has 6 heteroatoms. The van der Waals surface area contributed by atoms with Crippen LogP contribution in [0.15, 0.2) is 51.7 Å². The molecule has 1 aromatic heterocycles. The van der Waals surface area contributed by atoms with E-state index in [2.05, 4.69) is 5.32 Å². The molecule has 6 nitrogen and oxygen atoms in total. The van der Waals surface area contributed by atoms with E-state index in [-0.39, 0.29) is 12.4 Å². The minimum atomic E-state index is -0.671. The number of amides is 1. The largest absolute Gasteiger partial charge is 0.454 e. The van der Waals surface area contributed by atoms with Crippen LogP contribution in [0.3, 0.4) is 0 Å². The first-order chi connectivity index (χ1) is 11.6. The van der Waals surface area contributed by atoms with Gasteiger partial charge in [0.1, 0.15) is 11.1 Å². The van der Waals surface area contributed by atoms with E-state index in [1.165, 1.54) is 6.07 Å². The quantitative estimate of drug-likeness (QED) is 0.733. The molecule has 0 fully saturated rings. The van der Waals surface area contributed by atoms with Crippen molar-refractivity contribution >= 4 is 22.6 Å². The van der Waals surface area contributed by atoms with Crippen molar-refractivity contribution in [2.75, 3.05) is 12.1 Å². The van der Waals surface area contributed by atoms with E-state index >= 15 is 0 Å². The van der Waals surface area contributed by atoms with E-state index in [4.69, 9.17) is 13.9 Å². The first-order valence-electron chi connectivity index (χ1n) is 7.36. The van der Waals surface area contributed by atoms with Gasteiger partial charge in [0.05, 0.1) is 0 Å². The third kappa shape index (κ3) is 2.38. The van der Waals surface area contributed by atoms with Crippen molar-refractivity contribution in [2.45, 2.75) is 6.92 Å². The summed E-state index contributed by atoms with van der Waals surface area (Å²) in [5.41, 5.74) is 1.11. The second kappa shape index (κ2) is 5.42. The average Bonchev–Trinajstić information content (AvgIpc) is 3.03. The highest BCUT2D eigenvalue weighted by molar-refractivity contribution is 6.05. The Hall–Kier alpha value is -3.28. The number of hydrogen-bond donors (Lipinski definition) is 1. The molecule has 2 heterocycles. The zero-order chi connectivity index (χ0) is 16.7. The Bertz CT molecular complexity index is 1020. The van der Waals surface area contributed by atoms with Crippen molar-refractivity contribution < 1.29 is 18.7 Å². The number of fused-ring (bicyclic) bond motifs is 2. The van der Waals surface area contributed by atoms with Gasteiger partial charge in [0.25, 0.3) is 5.91 Å². The number of hydrogen-bond acceptors (Lipinski definition) is 5. The number of ether oxygens (including phenoxy) is 2. The number of carbonyl (C=O) groups excluding carboxylic acids is 1. The summed E-state index contributed by atoms with van der Waals surface area (Å²) in [7, 11) is 0. The highest BCUT2D eigenvalue weighted by atomic mass is 16.7. The Morgan fingerprint density at radius 2 is 1.92 bits per heavy atom. The molecule has 2 aromatic carbocycles. The van der Waals surface area contributed by atoms with Crippen LogP contribution in [0, 0.1) is 6.92 Å². The van der Waals surface area contributed by atoms with E-state index in [1.54, 1.807) is 24.3 Å². The Kier molecular flexibility index (Phi) is 3.23. The molecule has 0 unspecified atom stereocenters. The number of benzene rings is 2. The van der Waals surface area contributed by atoms with Gasteiger partial charge in [0.2, 0.25) is 6.79 Å². The first kappa shape index (κ1) is 14.3. The van der Waals surface area contributed by atoms with Gasteiger partial charge in [-0.1, -0.05) is 18.2 Å². The Labute approximate surface area is 136 Å². The van der Waals surface area contributed by atoms with E-state index in [9.17, 15) is 9.59 Å². The predicted molar refractivity (Wildman–Crippen MR) is 87.7 cm³/mol. The molecule has 1 N–H and O–H groups in total. The molecule has 3 aromatic rings. The molecule has 0 aliphatic carbocycles. The van der Waals surface area contributed by atoms with Gasteiger partial charge in [-0.25, -0.2) is 4.79 Å². The summed E-state index contributed by atoms with van der Waals surface area (Å²) in [6.45, 7) is 2.00. The lowest BCUT2D eigenvalue weighted by Crippen LogP contribution is -2.20. The molecule has 0 saturated heterocycles. The molecule has 1 amide bonds. The van der Waals surface area contributed by atoms with Crippen molar-refractivity contribution in [3.63, 3.8) is 0 Å². The van der Waals surface area contributed by atoms with Crippen LogP contribution in [-0.2, 0) is 0 Å². The lowest BCUT2D eigenvalue weighted by atomic mass is 10.1. The molecule has 0 spiro atoms. The Morgan fingerprint density at radius 3 is 2.79 bits per heavy atom. The van der Waals surface area contributed by atoms with Gasteiger partial charge in [-0.2, -0.15) is 0 Å². The van der Waals surface area contributed by atoms with Gasteiger partial charge in [-0.15, -0.1) is 0 Å². The van der Waals surface area contributed by atoms with Crippen LogP contribution in [0.25, 0.3) is 11.0 Å². The maximum absolute atomic E-state index is 12.4. The lowest BCUT2D eigenvalue weighted by Gasteiger charge is -2.07. The Morgan fingerprint density at radius 1 is 1.08 bits per heavy atom. The zero-order valence-electron chi connectivity index (χ0n) is 12.8. The van der Waals surface area contributed by atoms with E-state index in [0.717, 1.165) is 5.56 Å². The molecular weight excluding hydrogens is 310 g/mol. The standard InChI is InChI=1S/C18H13NO5/c1-10-3-2-4-11-7-13(18(21)24-16(10)11)17(20)19-12-5-6-14-15(8-12)23-9-22-14/h2-8H,9H2,1H3,(H,19,20). The maximum atomic E-state index is 12.4. The van der Waals surface area contributed by atoms with E-state index < -0.39 is 11.5 Å². The molecule has 0 radical (unpaired) electrons. The fraction of sp³-hybridized carbons (Fsp3) is 0.111. The van der Waals surface area contributed by atoms with Gasteiger partial charge in [0.15, 0.2) is 11.5 Å². The van der Waals surface area contributed by atoms with Crippen LogP contribution in [0.5, 0.6) is 11.5 Å². The number of carbonyl (C=O) groups is 1. The summed E-state index contributed by atoms with van der Waals surface area (Å²) in [4.78, 5) is 24.6. The summed E-state index contributed by atoms with van der Waals surface area (Å²) in [6.07, 6.45) is 0. The molecule has 0 atom stereocenters. The molecular formula is C18H13NO5. The number of aryl methyl sites for hydroxylation is 1. The molecule has 1 aliphatic heterocycles. The number of nitrogens with one attached hydrogen (secondary N) is 1. The number of anilines is 1.